The number of carbonyl (C=O) groups is 3. The van der Waals surface area contributed by atoms with Crippen LogP contribution in [0.1, 0.15) is 58.8 Å². The second-order valence-corrected chi connectivity index (χ2v) is 8.91. The van der Waals surface area contributed by atoms with Crippen LogP contribution >= 0.6 is 0 Å². The predicted octanol–water partition coefficient (Wildman–Crippen LogP) is 2.70. The molecule has 8 nitrogen and oxygen atoms in total. The fraction of sp³-hybridized carbons (Fsp3) is 0.407. The average molecular weight is 477 g/mol. The number of rotatable bonds is 9. The van der Waals surface area contributed by atoms with Crippen LogP contribution in [-0.2, 0) is 31.2 Å². The maximum atomic E-state index is 13.7. The Bertz CT molecular complexity index is 1340. The molecule has 1 N–H and O–H groups in total. The molecule has 2 aromatic heterocycles. The number of Topliss-reactive ketones (excluding diaryl/α,β-unsaturated/α-hetero) is 1. The fourth-order valence-electron chi connectivity index (χ4n) is 4.96. The molecule has 1 saturated heterocycles. The minimum atomic E-state index is -0.267. The molecule has 0 bridgehead atoms. The van der Waals surface area contributed by atoms with Gasteiger partial charge in [-0.2, -0.15) is 0 Å². The summed E-state index contributed by atoms with van der Waals surface area (Å²) in [6.45, 7) is 5.37. The quantitative estimate of drug-likeness (QED) is 0.481. The second kappa shape index (κ2) is 10.3. The highest BCUT2D eigenvalue weighted by molar-refractivity contribution is 6.02. The summed E-state index contributed by atoms with van der Waals surface area (Å²) in [5.74, 6) is -0.280. The molecule has 0 atom stereocenters. The Labute approximate surface area is 204 Å². The molecule has 4 rings (SSSR count). The van der Waals surface area contributed by atoms with Crippen molar-refractivity contribution < 1.29 is 14.4 Å². The number of carbonyl (C=O) groups excluding carboxylic acids is 3. The van der Waals surface area contributed by atoms with Gasteiger partial charge < -0.3 is 19.4 Å². The van der Waals surface area contributed by atoms with Gasteiger partial charge in [-0.25, -0.2) is 0 Å². The molecule has 1 fully saturated rings. The van der Waals surface area contributed by atoms with E-state index in [0.717, 1.165) is 18.7 Å². The number of aryl methyl sites for hydroxylation is 3. The molecule has 2 amide bonds. The van der Waals surface area contributed by atoms with E-state index in [9.17, 15) is 19.2 Å². The van der Waals surface area contributed by atoms with E-state index >= 15 is 0 Å². The summed E-state index contributed by atoms with van der Waals surface area (Å²) in [7, 11) is 1.79. The maximum Gasteiger partial charge on any atom is 0.268 e. The number of ketones is 1. The fourth-order valence-corrected chi connectivity index (χ4v) is 4.96. The SMILES string of the molecule is CCc1c(C(=O)NCCN2CCCC2=O)n(C)c2cc(CC)n(CC(=O)c3ccccc3)c(=O)c12. The summed E-state index contributed by atoms with van der Waals surface area (Å²) < 4.78 is 3.31. The summed E-state index contributed by atoms with van der Waals surface area (Å²) in [6.07, 6.45) is 2.49. The van der Waals surface area contributed by atoms with Gasteiger partial charge in [0.25, 0.3) is 11.5 Å². The number of nitrogens with one attached hydrogen (secondary N) is 1. The van der Waals surface area contributed by atoms with Gasteiger partial charge >= 0.3 is 0 Å². The van der Waals surface area contributed by atoms with Gasteiger partial charge in [0.1, 0.15) is 5.69 Å². The number of nitrogens with zero attached hydrogens (tertiary/aromatic N) is 3. The third-order valence-electron chi connectivity index (χ3n) is 6.82. The molecule has 0 aliphatic carbocycles. The first-order chi connectivity index (χ1) is 16.9. The molecule has 0 radical (unpaired) electrons. The first kappa shape index (κ1) is 24.4. The molecule has 8 heteroatoms. The number of aromatic nitrogens is 2. The normalized spacial score (nSPS) is 13.6. The van der Waals surface area contributed by atoms with Gasteiger partial charge in [-0.05, 0) is 30.9 Å². The molecule has 0 saturated carbocycles. The lowest BCUT2D eigenvalue weighted by Crippen LogP contribution is -2.36. The molecule has 1 aliphatic rings. The number of pyridine rings is 1. The number of benzene rings is 1. The van der Waals surface area contributed by atoms with E-state index in [2.05, 4.69) is 5.32 Å². The van der Waals surface area contributed by atoms with E-state index in [-0.39, 0.29) is 29.7 Å². The minimum Gasteiger partial charge on any atom is -0.349 e. The monoisotopic (exact) mass is 476 g/mol. The van der Waals surface area contributed by atoms with Crippen molar-refractivity contribution in [2.75, 3.05) is 19.6 Å². The van der Waals surface area contributed by atoms with E-state index in [0.29, 0.717) is 60.1 Å². The molecule has 1 aromatic carbocycles. The zero-order valence-corrected chi connectivity index (χ0v) is 20.6. The van der Waals surface area contributed by atoms with Crippen molar-refractivity contribution in [1.82, 2.24) is 19.4 Å². The first-order valence-electron chi connectivity index (χ1n) is 12.3. The topological polar surface area (TPSA) is 93.4 Å². The van der Waals surface area contributed by atoms with Gasteiger partial charge in [-0.3, -0.25) is 19.2 Å². The van der Waals surface area contributed by atoms with E-state index in [1.807, 2.05) is 26.0 Å². The van der Waals surface area contributed by atoms with Gasteiger partial charge in [0.05, 0.1) is 17.4 Å². The lowest BCUT2D eigenvalue weighted by atomic mass is 10.1. The van der Waals surface area contributed by atoms with Gasteiger partial charge in [0, 0.05) is 44.4 Å². The maximum absolute atomic E-state index is 13.7. The second-order valence-electron chi connectivity index (χ2n) is 8.91. The van der Waals surface area contributed by atoms with Crippen molar-refractivity contribution in [2.24, 2.45) is 7.05 Å². The summed E-state index contributed by atoms with van der Waals surface area (Å²) in [4.78, 5) is 53.4. The van der Waals surface area contributed by atoms with Gasteiger partial charge in [0.2, 0.25) is 5.91 Å². The summed E-state index contributed by atoms with van der Waals surface area (Å²) in [6, 6.07) is 10.9. The molecule has 3 aromatic rings. The molecular formula is C27H32N4O4. The van der Waals surface area contributed by atoms with E-state index in [4.69, 9.17) is 0 Å². The van der Waals surface area contributed by atoms with Crippen molar-refractivity contribution in [3.05, 3.63) is 69.3 Å². The number of amides is 2. The lowest BCUT2D eigenvalue weighted by molar-refractivity contribution is -0.127. The smallest absolute Gasteiger partial charge is 0.268 e. The zero-order valence-electron chi connectivity index (χ0n) is 20.6. The van der Waals surface area contributed by atoms with E-state index in [1.54, 1.807) is 40.8 Å². The van der Waals surface area contributed by atoms with Crippen LogP contribution in [0.3, 0.4) is 0 Å². The van der Waals surface area contributed by atoms with Crippen LogP contribution in [0.2, 0.25) is 0 Å². The predicted molar refractivity (Wildman–Crippen MR) is 135 cm³/mol. The van der Waals surface area contributed by atoms with Crippen LogP contribution in [0.25, 0.3) is 10.9 Å². The highest BCUT2D eigenvalue weighted by atomic mass is 16.2. The van der Waals surface area contributed by atoms with Crippen LogP contribution in [0.5, 0.6) is 0 Å². The zero-order chi connectivity index (χ0) is 25.1. The number of hydrogen-bond donors (Lipinski definition) is 1. The Hall–Kier alpha value is -3.68. The van der Waals surface area contributed by atoms with Crippen molar-refractivity contribution >= 4 is 28.5 Å². The van der Waals surface area contributed by atoms with Crippen LogP contribution < -0.4 is 10.9 Å². The Kier molecular flexibility index (Phi) is 7.19. The van der Waals surface area contributed by atoms with Gasteiger partial charge in [-0.1, -0.05) is 44.2 Å². The standard InChI is InChI=1S/C27H32N4O4/c1-4-19-16-21-24(27(35)31(19)17-22(32)18-10-7-6-8-11-18)20(5-2)25(29(21)3)26(34)28-13-15-30-14-9-12-23(30)33/h6-8,10-11,16H,4-5,9,12-15,17H2,1-3H3,(H,28,34). The molecular weight excluding hydrogens is 444 g/mol. The van der Waals surface area contributed by atoms with Crippen molar-refractivity contribution in [3.8, 4) is 0 Å². The van der Waals surface area contributed by atoms with Crippen LogP contribution in [-0.4, -0.2) is 51.3 Å². The van der Waals surface area contributed by atoms with Crippen molar-refractivity contribution in [3.63, 3.8) is 0 Å². The molecule has 0 spiro atoms. The third kappa shape index (κ3) is 4.65. The first-order valence-corrected chi connectivity index (χ1v) is 12.3. The molecule has 35 heavy (non-hydrogen) atoms. The van der Waals surface area contributed by atoms with Crippen molar-refractivity contribution in [2.45, 2.75) is 46.1 Å². The Balaban J connectivity index is 1.68. The number of fused-ring (bicyclic) bond motifs is 1. The number of likely N-dealkylation sites (tertiary alicyclic amines) is 1. The highest BCUT2D eigenvalue weighted by Crippen LogP contribution is 2.25. The van der Waals surface area contributed by atoms with Gasteiger partial charge in [-0.15, -0.1) is 0 Å². The summed E-state index contributed by atoms with van der Waals surface area (Å²) >= 11 is 0. The molecule has 0 unspecified atom stereocenters. The summed E-state index contributed by atoms with van der Waals surface area (Å²) in [5, 5.41) is 3.40. The molecule has 184 valence electrons. The number of hydrogen-bond acceptors (Lipinski definition) is 4. The Morgan fingerprint density at radius 1 is 1.06 bits per heavy atom. The van der Waals surface area contributed by atoms with E-state index in [1.165, 1.54) is 4.57 Å². The van der Waals surface area contributed by atoms with Crippen LogP contribution in [0.15, 0.2) is 41.2 Å². The molecule has 1 aliphatic heterocycles. The Morgan fingerprint density at radius 3 is 2.43 bits per heavy atom. The molecule has 3 heterocycles. The largest absolute Gasteiger partial charge is 0.349 e. The minimum absolute atomic E-state index is 0.0502. The Morgan fingerprint density at radius 2 is 1.80 bits per heavy atom. The van der Waals surface area contributed by atoms with Crippen molar-refractivity contribution in [1.29, 1.82) is 0 Å². The third-order valence-corrected chi connectivity index (χ3v) is 6.82. The van der Waals surface area contributed by atoms with Gasteiger partial charge in [0.15, 0.2) is 5.78 Å². The van der Waals surface area contributed by atoms with Crippen LogP contribution in [0.4, 0.5) is 0 Å². The van der Waals surface area contributed by atoms with Crippen LogP contribution in [0, 0.1) is 0 Å². The summed E-state index contributed by atoms with van der Waals surface area (Å²) in [5.41, 5.74) is 2.86. The highest BCUT2D eigenvalue weighted by Gasteiger charge is 2.25. The average Bonchev–Trinajstić information content (AvgIpc) is 3.40. The van der Waals surface area contributed by atoms with E-state index < -0.39 is 0 Å². The lowest BCUT2D eigenvalue weighted by Gasteiger charge is -2.16.